The molecule has 0 aliphatic heterocycles. The van der Waals surface area contributed by atoms with E-state index in [0.29, 0.717) is 11.7 Å². The van der Waals surface area contributed by atoms with E-state index >= 15 is 0 Å². The highest BCUT2D eigenvalue weighted by molar-refractivity contribution is 7.19. The smallest absolute Gasteiger partial charge is 0.274 e. The Morgan fingerprint density at radius 1 is 1.21 bits per heavy atom. The van der Waals surface area contributed by atoms with Gasteiger partial charge in [0, 0.05) is 22.9 Å². The Bertz CT molecular complexity index is 1160. The molecule has 0 aliphatic rings. The van der Waals surface area contributed by atoms with Crippen LogP contribution < -0.4 is 0 Å². The van der Waals surface area contributed by atoms with Gasteiger partial charge in [0.15, 0.2) is 0 Å². The topological polar surface area (TPSA) is 72.5 Å². The molecule has 7 heteroatoms. The molecule has 0 spiro atoms. The van der Waals surface area contributed by atoms with Crippen LogP contribution in [-0.2, 0) is 7.05 Å². The van der Waals surface area contributed by atoms with E-state index in [1.54, 1.807) is 11.3 Å². The van der Waals surface area contributed by atoms with Crippen LogP contribution in [-0.4, -0.2) is 24.9 Å². The number of H-pyrrole nitrogens is 1. The normalized spacial score (nSPS) is 11.8. The van der Waals surface area contributed by atoms with Crippen LogP contribution in [0.5, 0.6) is 0 Å². The summed E-state index contributed by atoms with van der Waals surface area (Å²) in [6.45, 7) is 2.09. The van der Waals surface area contributed by atoms with E-state index in [0.717, 1.165) is 27.7 Å². The number of thiophene rings is 1. The zero-order chi connectivity index (χ0) is 16.3. The first-order valence-electron chi connectivity index (χ1n) is 7.53. The third kappa shape index (κ3) is 1.98. The lowest BCUT2D eigenvalue weighted by atomic mass is 10.1. The summed E-state index contributed by atoms with van der Waals surface area (Å²) < 4.78 is 8.48. The molecule has 0 unspecified atom stereocenters. The van der Waals surface area contributed by atoms with Crippen LogP contribution in [0.25, 0.3) is 44.1 Å². The first-order chi connectivity index (χ1) is 11.7. The summed E-state index contributed by atoms with van der Waals surface area (Å²) >= 11 is 1.74. The minimum Gasteiger partial charge on any atom is -0.350 e. The number of nitrogens with zero attached hydrogens (tertiary/aromatic N) is 4. The maximum absolute atomic E-state index is 5.45. The predicted octanol–water partition coefficient (Wildman–Crippen LogP) is 4.14. The van der Waals surface area contributed by atoms with E-state index in [9.17, 15) is 0 Å². The average Bonchev–Trinajstić information content (AvgIpc) is 3.30. The number of fused-ring (bicyclic) bond motifs is 2. The van der Waals surface area contributed by atoms with Gasteiger partial charge in [-0.2, -0.15) is 10.1 Å². The van der Waals surface area contributed by atoms with E-state index in [4.69, 9.17) is 4.52 Å². The van der Waals surface area contributed by atoms with Gasteiger partial charge in [0.2, 0.25) is 5.82 Å². The summed E-state index contributed by atoms with van der Waals surface area (Å²) in [5.41, 5.74) is 3.89. The number of benzene rings is 1. The van der Waals surface area contributed by atoms with Crippen molar-refractivity contribution in [1.29, 1.82) is 0 Å². The van der Waals surface area contributed by atoms with Crippen LogP contribution in [0.3, 0.4) is 0 Å². The number of aryl methyl sites for hydroxylation is 2. The molecule has 4 aromatic heterocycles. The second-order valence-corrected chi connectivity index (χ2v) is 7.07. The highest BCUT2D eigenvalue weighted by Gasteiger charge is 2.14. The van der Waals surface area contributed by atoms with E-state index < -0.39 is 0 Å². The van der Waals surface area contributed by atoms with Crippen molar-refractivity contribution in [2.24, 2.45) is 7.05 Å². The molecule has 0 radical (unpaired) electrons. The highest BCUT2D eigenvalue weighted by atomic mass is 32.1. The molecule has 0 atom stereocenters. The third-order valence-electron chi connectivity index (χ3n) is 4.09. The maximum atomic E-state index is 5.45. The number of hydrogen-bond acceptors (Lipinski definition) is 5. The Morgan fingerprint density at radius 2 is 2.12 bits per heavy atom. The minimum atomic E-state index is 0.496. The number of rotatable bonds is 2. The van der Waals surface area contributed by atoms with Crippen molar-refractivity contribution in [3.05, 3.63) is 41.4 Å². The van der Waals surface area contributed by atoms with Gasteiger partial charge >= 0.3 is 0 Å². The molecule has 4 heterocycles. The molecule has 5 rings (SSSR count). The second-order valence-electron chi connectivity index (χ2n) is 5.78. The van der Waals surface area contributed by atoms with Gasteiger partial charge in [-0.05, 0) is 25.1 Å². The van der Waals surface area contributed by atoms with Gasteiger partial charge in [0.25, 0.3) is 5.89 Å². The van der Waals surface area contributed by atoms with Crippen LogP contribution in [0, 0.1) is 6.92 Å². The third-order valence-corrected chi connectivity index (χ3v) is 5.09. The fourth-order valence-electron chi connectivity index (χ4n) is 2.90. The molecule has 0 bridgehead atoms. The number of nitrogens with one attached hydrogen (secondary N) is 1. The van der Waals surface area contributed by atoms with Gasteiger partial charge in [-0.25, -0.2) is 0 Å². The van der Waals surface area contributed by atoms with Crippen molar-refractivity contribution < 1.29 is 4.52 Å². The van der Waals surface area contributed by atoms with Crippen LogP contribution in [0.15, 0.2) is 41.1 Å². The van der Waals surface area contributed by atoms with Gasteiger partial charge in [-0.3, -0.25) is 4.68 Å². The number of hydrogen-bond donors (Lipinski definition) is 1. The minimum absolute atomic E-state index is 0.496. The van der Waals surface area contributed by atoms with E-state index in [1.807, 2.05) is 36.1 Å². The van der Waals surface area contributed by atoms with Crippen molar-refractivity contribution in [3.63, 3.8) is 0 Å². The standard InChI is InChI=1S/C17H13N5OS/c1-9-5-12-15(24-9)7-13(19-12)17-20-16(21-23-17)10-3-4-11-8-18-22(2)14(11)6-10/h3-8,19H,1-2H3. The Hall–Kier alpha value is -2.93. The molecular weight excluding hydrogens is 322 g/mol. The van der Waals surface area contributed by atoms with Gasteiger partial charge in [-0.1, -0.05) is 17.3 Å². The first kappa shape index (κ1) is 13.5. The van der Waals surface area contributed by atoms with E-state index in [1.165, 1.54) is 9.58 Å². The van der Waals surface area contributed by atoms with Crippen LogP contribution in [0.4, 0.5) is 0 Å². The molecule has 24 heavy (non-hydrogen) atoms. The van der Waals surface area contributed by atoms with E-state index in [2.05, 4.69) is 39.3 Å². The molecule has 0 saturated heterocycles. The average molecular weight is 335 g/mol. The van der Waals surface area contributed by atoms with Crippen molar-refractivity contribution in [2.45, 2.75) is 6.92 Å². The van der Waals surface area contributed by atoms with Gasteiger partial charge in [0.05, 0.1) is 21.9 Å². The summed E-state index contributed by atoms with van der Waals surface area (Å²) in [4.78, 5) is 9.14. The number of aromatic amines is 1. The maximum Gasteiger partial charge on any atom is 0.274 e. The second kappa shape index (κ2) is 4.78. The molecule has 6 nitrogen and oxygen atoms in total. The molecule has 0 saturated carbocycles. The van der Waals surface area contributed by atoms with Crippen molar-refractivity contribution in [1.82, 2.24) is 24.9 Å². The molecule has 5 aromatic rings. The van der Waals surface area contributed by atoms with Crippen LogP contribution in [0.1, 0.15) is 4.88 Å². The van der Waals surface area contributed by atoms with Gasteiger partial charge in [-0.15, -0.1) is 11.3 Å². The van der Waals surface area contributed by atoms with Gasteiger partial charge < -0.3 is 9.51 Å². The molecular formula is C17H13N5OS. The summed E-state index contributed by atoms with van der Waals surface area (Å²) in [5, 5.41) is 9.47. The summed E-state index contributed by atoms with van der Waals surface area (Å²) in [6, 6.07) is 10.2. The highest BCUT2D eigenvalue weighted by Crippen LogP contribution is 2.30. The summed E-state index contributed by atoms with van der Waals surface area (Å²) in [5.74, 6) is 1.07. The monoisotopic (exact) mass is 335 g/mol. The van der Waals surface area contributed by atoms with Crippen molar-refractivity contribution in [2.75, 3.05) is 0 Å². The lowest BCUT2D eigenvalue weighted by Crippen LogP contribution is -1.89. The lowest BCUT2D eigenvalue weighted by Gasteiger charge is -1.97. The molecule has 0 fully saturated rings. The quantitative estimate of drug-likeness (QED) is 0.526. The Kier molecular flexibility index (Phi) is 2.69. The molecule has 0 amide bonds. The Balaban J connectivity index is 1.57. The fourth-order valence-corrected chi connectivity index (χ4v) is 3.82. The largest absolute Gasteiger partial charge is 0.350 e. The first-order valence-corrected chi connectivity index (χ1v) is 8.34. The number of aromatic nitrogens is 5. The molecule has 1 N–H and O–H groups in total. The summed E-state index contributed by atoms with van der Waals surface area (Å²) in [7, 11) is 1.92. The van der Waals surface area contributed by atoms with Crippen molar-refractivity contribution in [3.8, 4) is 23.0 Å². The zero-order valence-corrected chi connectivity index (χ0v) is 13.9. The van der Waals surface area contributed by atoms with Crippen LogP contribution >= 0.6 is 11.3 Å². The fraction of sp³-hybridized carbons (Fsp3) is 0.118. The molecule has 1 aromatic carbocycles. The zero-order valence-electron chi connectivity index (χ0n) is 13.1. The predicted molar refractivity (Wildman–Crippen MR) is 93.9 cm³/mol. The van der Waals surface area contributed by atoms with Gasteiger partial charge in [0.1, 0.15) is 5.69 Å². The lowest BCUT2D eigenvalue weighted by molar-refractivity contribution is 0.431. The van der Waals surface area contributed by atoms with Crippen molar-refractivity contribution >= 4 is 32.5 Å². The van der Waals surface area contributed by atoms with Crippen LogP contribution in [0.2, 0.25) is 0 Å². The Labute approximate surface area is 140 Å². The van der Waals surface area contributed by atoms with E-state index in [-0.39, 0.29) is 0 Å². The Morgan fingerprint density at radius 3 is 3.00 bits per heavy atom. The summed E-state index contributed by atoms with van der Waals surface area (Å²) in [6.07, 6.45) is 1.84. The molecule has 0 aliphatic carbocycles. The molecule has 118 valence electrons. The SMILES string of the molecule is Cc1cc2[nH]c(-c3nc(-c4ccc5cnn(C)c5c4)no3)cc2s1.